The first-order valence-corrected chi connectivity index (χ1v) is 8.34. The molecule has 0 heterocycles. The molecule has 24 heavy (non-hydrogen) atoms. The van der Waals surface area contributed by atoms with Gasteiger partial charge in [-0.2, -0.15) is 0 Å². The van der Waals surface area contributed by atoms with E-state index in [0.29, 0.717) is 16.5 Å². The lowest BCUT2D eigenvalue weighted by atomic mass is 10.1. The molecule has 0 aliphatic carbocycles. The second kappa shape index (κ2) is 8.61. The number of methoxy groups -OCH3 is 2. The smallest absolute Gasteiger partial charge is 0.340 e. The summed E-state index contributed by atoms with van der Waals surface area (Å²) in [5, 5.41) is 3.36. The summed E-state index contributed by atoms with van der Waals surface area (Å²) in [5.74, 6) is -0.0716. The van der Waals surface area contributed by atoms with E-state index in [1.807, 2.05) is 12.1 Å². The van der Waals surface area contributed by atoms with E-state index in [4.69, 9.17) is 21.1 Å². The van der Waals surface area contributed by atoms with Gasteiger partial charge in [-0.15, -0.1) is 11.8 Å². The van der Waals surface area contributed by atoms with E-state index in [9.17, 15) is 9.59 Å². The number of carbonyl (C=O) groups excluding carboxylic acids is 2. The highest BCUT2D eigenvalue weighted by Crippen LogP contribution is 2.24. The van der Waals surface area contributed by atoms with Crippen molar-refractivity contribution < 1.29 is 19.1 Å². The van der Waals surface area contributed by atoms with E-state index in [-0.39, 0.29) is 17.2 Å². The van der Waals surface area contributed by atoms with Crippen LogP contribution < -0.4 is 10.1 Å². The maximum absolute atomic E-state index is 12.1. The first-order chi connectivity index (χ1) is 11.5. The average molecular weight is 366 g/mol. The van der Waals surface area contributed by atoms with Crippen LogP contribution in [0, 0.1) is 0 Å². The normalized spacial score (nSPS) is 10.1. The zero-order valence-electron chi connectivity index (χ0n) is 13.2. The van der Waals surface area contributed by atoms with Crippen LogP contribution in [0.3, 0.4) is 0 Å². The maximum atomic E-state index is 12.1. The van der Waals surface area contributed by atoms with Gasteiger partial charge in [0.05, 0.1) is 31.2 Å². The van der Waals surface area contributed by atoms with E-state index in [2.05, 4.69) is 5.32 Å². The van der Waals surface area contributed by atoms with Gasteiger partial charge in [-0.3, -0.25) is 4.79 Å². The molecule has 0 radical (unpaired) electrons. The summed E-state index contributed by atoms with van der Waals surface area (Å²) in [7, 11) is 2.78. The van der Waals surface area contributed by atoms with Crippen molar-refractivity contribution in [3.63, 3.8) is 0 Å². The van der Waals surface area contributed by atoms with E-state index in [1.165, 1.54) is 32.0 Å². The predicted octanol–water partition coefficient (Wildman–Crippen LogP) is 3.87. The number of carbonyl (C=O) groups is 2. The standard InChI is InChI=1S/C17H16ClNO4S/c1-22-12-5-8-15(14(9-12)17(21)23-2)19-16(20)10-24-13-6-3-11(18)4-7-13/h3-9H,10H2,1-2H3,(H,19,20). The number of amides is 1. The Morgan fingerprint density at radius 2 is 1.83 bits per heavy atom. The Kier molecular flexibility index (Phi) is 6.52. The third-order valence-corrected chi connectivity index (χ3v) is 4.35. The van der Waals surface area contributed by atoms with Crippen LogP contribution in [-0.2, 0) is 9.53 Å². The Morgan fingerprint density at radius 1 is 1.12 bits per heavy atom. The third-order valence-electron chi connectivity index (χ3n) is 3.09. The van der Waals surface area contributed by atoms with E-state index < -0.39 is 5.97 Å². The van der Waals surface area contributed by atoms with Crippen molar-refractivity contribution in [3.05, 3.63) is 53.1 Å². The molecule has 0 aromatic heterocycles. The summed E-state index contributed by atoms with van der Waals surface area (Å²) >= 11 is 7.20. The minimum Gasteiger partial charge on any atom is -0.497 e. The zero-order valence-corrected chi connectivity index (χ0v) is 14.7. The van der Waals surface area contributed by atoms with Gasteiger partial charge >= 0.3 is 5.97 Å². The van der Waals surface area contributed by atoms with Crippen molar-refractivity contribution in [2.24, 2.45) is 0 Å². The number of hydrogen-bond donors (Lipinski definition) is 1. The van der Waals surface area contributed by atoms with Crippen LogP contribution in [0.4, 0.5) is 5.69 Å². The fourth-order valence-corrected chi connectivity index (χ4v) is 2.73. The molecule has 2 aromatic carbocycles. The molecule has 0 aliphatic heterocycles. The van der Waals surface area contributed by atoms with Gasteiger partial charge in [0.2, 0.25) is 5.91 Å². The number of ether oxygens (including phenoxy) is 2. The molecule has 5 nitrogen and oxygen atoms in total. The molecule has 0 aliphatic rings. The summed E-state index contributed by atoms with van der Waals surface area (Å²) < 4.78 is 9.82. The average Bonchev–Trinajstić information content (AvgIpc) is 2.61. The Hall–Kier alpha value is -2.18. The molecule has 0 saturated heterocycles. The third kappa shape index (κ3) is 4.91. The zero-order chi connectivity index (χ0) is 17.5. The maximum Gasteiger partial charge on any atom is 0.340 e. The number of benzene rings is 2. The first kappa shape index (κ1) is 18.2. The van der Waals surface area contributed by atoms with Gasteiger partial charge in [0.15, 0.2) is 0 Å². The Morgan fingerprint density at radius 3 is 2.46 bits per heavy atom. The van der Waals surface area contributed by atoms with Crippen LogP contribution in [0.2, 0.25) is 5.02 Å². The largest absolute Gasteiger partial charge is 0.497 e. The van der Waals surface area contributed by atoms with Gasteiger partial charge in [0.25, 0.3) is 0 Å². The van der Waals surface area contributed by atoms with Crippen LogP contribution in [-0.4, -0.2) is 31.8 Å². The number of hydrogen-bond acceptors (Lipinski definition) is 5. The van der Waals surface area contributed by atoms with E-state index in [0.717, 1.165) is 4.90 Å². The van der Waals surface area contributed by atoms with Crippen molar-refractivity contribution in [2.75, 3.05) is 25.3 Å². The van der Waals surface area contributed by atoms with Crippen LogP contribution in [0.15, 0.2) is 47.4 Å². The number of anilines is 1. The lowest BCUT2D eigenvalue weighted by molar-refractivity contribution is -0.113. The number of esters is 1. The summed E-state index contributed by atoms with van der Waals surface area (Å²) in [6, 6.07) is 12.0. The highest BCUT2D eigenvalue weighted by atomic mass is 35.5. The highest BCUT2D eigenvalue weighted by Gasteiger charge is 2.15. The second-order valence-corrected chi connectivity index (χ2v) is 6.18. The van der Waals surface area contributed by atoms with Crippen molar-refractivity contribution in [1.29, 1.82) is 0 Å². The topological polar surface area (TPSA) is 64.6 Å². The molecule has 2 rings (SSSR count). The second-order valence-electron chi connectivity index (χ2n) is 4.69. The van der Waals surface area contributed by atoms with Crippen LogP contribution in [0.1, 0.15) is 10.4 Å². The van der Waals surface area contributed by atoms with Gasteiger partial charge < -0.3 is 14.8 Å². The molecule has 1 amide bonds. The number of halogens is 1. The number of rotatable bonds is 6. The van der Waals surface area contributed by atoms with Gasteiger partial charge in [0.1, 0.15) is 5.75 Å². The molecule has 0 bridgehead atoms. The van der Waals surface area contributed by atoms with Crippen LogP contribution in [0.5, 0.6) is 5.75 Å². The Bertz CT molecular complexity index is 734. The van der Waals surface area contributed by atoms with Crippen LogP contribution in [0.25, 0.3) is 0 Å². The molecule has 7 heteroatoms. The Balaban J connectivity index is 2.05. The van der Waals surface area contributed by atoms with Gasteiger partial charge in [-0.25, -0.2) is 4.79 Å². The lowest BCUT2D eigenvalue weighted by Gasteiger charge is -2.11. The minimum absolute atomic E-state index is 0.203. The summed E-state index contributed by atoms with van der Waals surface area (Å²) in [6.45, 7) is 0. The van der Waals surface area contributed by atoms with Crippen LogP contribution >= 0.6 is 23.4 Å². The van der Waals surface area contributed by atoms with Crippen molar-refractivity contribution in [2.45, 2.75) is 4.90 Å². The summed E-state index contributed by atoms with van der Waals surface area (Å²) in [5.41, 5.74) is 0.617. The predicted molar refractivity (Wildman–Crippen MR) is 95.1 cm³/mol. The minimum atomic E-state index is -0.547. The molecule has 1 N–H and O–H groups in total. The molecular formula is C17H16ClNO4S. The monoisotopic (exact) mass is 365 g/mol. The number of thioether (sulfide) groups is 1. The van der Waals surface area contributed by atoms with E-state index in [1.54, 1.807) is 24.3 Å². The van der Waals surface area contributed by atoms with Gasteiger partial charge in [-0.05, 0) is 42.5 Å². The van der Waals surface area contributed by atoms with E-state index >= 15 is 0 Å². The molecular weight excluding hydrogens is 350 g/mol. The SMILES string of the molecule is COC(=O)c1cc(OC)ccc1NC(=O)CSc1ccc(Cl)cc1. The van der Waals surface area contributed by atoms with Crippen molar-refractivity contribution >= 4 is 40.9 Å². The lowest BCUT2D eigenvalue weighted by Crippen LogP contribution is -2.17. The summed E-state index contributed by atoms with van der Waals surface area (Å²) in [6.07, 6.45) is 0. The molecule has 2 aromatic rings. The quantitative estimate of drug-likeness (QED) is 0.622. The highest BCUT2D eigenvalue weighted by molar-refractivity contribution is 8.00. The van der Waals surface area contributed by atoms with Crippen molar-refractivity contribution in [1.82, 2.24) is 0 Å². The summed E-state index contributed by atoms with van der Waals surface area (Å²) in [4.78, 5) is 24.9. The molecule has 126 valence electrons. The van der Waals surface area contributed by atoms with Crippen molar-refractivity contribution in [3.8, 4) is 5.75 Å². The molecule has 0 saturated carbocycles. The number of nitrogens with one attached hydrogen (secondary N) is 1. The fraction of sp³-hybridized carbons (Fsp3) is 0.176. The molecule has 0 fully saturated rings. The van der Waals surface area contributed by atoms with Gasteiger partial charge in [-0.1, -0.05) is 11.6 Å². The molecule has 0 spiro atoms. The van der Waals surface area contributed by atoms with Gasteiger partial charge in [0, 0.05) is 9.92 Å². The molecule has 0 unspecified atom stereocenters. The fourth-order valence-electron chi connectivity index (χ4n) is 1.90. The molecule has 0 atom stereocenters. The first-order valence-electron chi connectivity index (χ1n) is 6.98. The Labute approximate surface area is 149 Å².